The lowest BCUT2D eigenvalue weighted by Gasteiger charge is -2.10. The van der Waals surface area contributed by atoms with Crippen LogP contribution in [0.3, 0.4) is 0 Å². The van der Waals surface area contributed by atoms with Crippen LogP contribution in [0.2, 0.25) is 0 Å². The summed E-state index contributed by atoms with van der Waals surface area (Å²) in [5.74, 6) is 0.903. The summed E-state index contributed by atoms with van der Waals surface area (Å²) in [4.78, 5) is 4.78. The molecule has 31 heavy (non-hydrogen) atoms. The van der Waals surface area contributed by atoms with Crippen molar-refractivity contribution in [2.24, 2.45) is 0 Å². The molecule has 2 heterocycles. The van der Waals surface area contributed by atoms with Gasteiger partial charge in [-0.3, -0.25) is 0 Å². The number of methoxy groups -OCH3 is 1. The van der Waals surface area contributed by atoms with E-state index in [0.717, 1.165) is 22.9 Å². The summed E-state index contributed by atoms with van der Waals surface area (Å²) in [5, 5.41) is 12.1. The van der Waals surface area contributed by atoms with E-state index >= 15 is 0 Å². The van der Waals surface area contributed by atoms with Gasteiger partial charge in [0.15, 0.2) is 5.65 Å². The van der Waals surface area contributed by atoms with E-state index in [2.05, 4.69) is 34.5 Å². The van der Waals surface area contributed by atoms with E-state index in [1.54, 1.807) is 19.2 Å². The van der Waals surface area contributed by atoms with Crippen LogP contribution >= 0.6 is 0 Å². The van der Waals surface area contributed by atoms with Crippen molar-refractivity contribution in [3.05, 3.63) is 54.1 Å². The zero-order chi connectivity index (χ0) is 22.0. The summed E-state index contributed by atoms with van der Waals surface area (Å²) in [6.07, 6.45) is 0.794. The van der Waals surface area contributed by atoms with Crippen molar-refractivity contribution in [2.75, 3.05) is 25.6 Å². The Morgan fingerprint density at radius 1 is 1.10 bits per heavy atom. The molecule has 4 aromatic rings. The third-order valence-corrected chi connectivity index (χ3v) is 6.82. The number of nitrogens with zero attached hydrogens (tertiary/aromatic N) is 4. The summed E-state index contributed by atoms with van der Waals surface area (Å²) >= 11 is 0. The van der Waals surface area contributed by atoms with Gasteiger partial charge in [-0.25, -0.2) is 13.4 Å². The normalized spacial score (nSPS) is 12.1. The van der Waals surface area contributed by atoms with Gasteiger partial charge >= 0.3 is 0 Å². The van der Waals surface area contributed by atoms with E-state index in [-0.39, 0.29) is 15.6 Å². The number of hydrogen-bond donors (Lipinski definition) is 1. The fourth-order valence-electron chi connectivity index (χ4n) is 3.42. The highest BCUT2D eigenvalue weighted by Gasteiger charge is 2.27. The molecule has 0 saturated carbocycles. The molecule has 162 valence electrons. The third kappa shape index (κ3) is 3.98. The first-order valence-corrected chi connectivity index (χ1v) is 11.6. The lowest BCUT2D eigenvalue weighted by Crippen LogP contribution is -2.09. The highest BCUT2D eigenvalue weighted by Crippen LogP contribution is 2.28. The Kier molecular flexibility index (Phi) is 5.88. The van der Waals surface area contributed by atoms with Crippen LogP contribution < -0.4 is 5.32 Å². The molecule has 0 bridgehead atoms. The van der Waals surface area contributed by atoms with E-state index in [1.807, 2.05) is 36.4 Å². The van der Waals surface area contributed by atoms with Crippen LogP contribution in [-0.2, 0) is 14.6 Å². The second kappa shape index (κ2) is 8.60. The zero-order valence-corrected chi connectivity index (χ0v) is 18.6. The van der Waals surface area contributed by atoms with E-state index in [4.69, 9.17) is 4.74 Å². The number of rotatable bonds is 8. The Labute approximate surface area is 181 Å². The zero-order valence-electron chi connectivity index (χ0n) is 17.7. The van der Waals surface area contributed by atoms with E-state index in [1.165, 1.54) is 4.52 Å². The van der Waals surface area contributed by atoms with Crippen LogP contribution in [0.25, 0.3) is 16.6 Å². The molecule has 0 fully saturated rings. The molecule has 2 aromatic carbocycles. The Hall–Kier alpha value is -3.04. The highest BCUT2D eigenvalue weighted by atomic mass is 32.2. The Balaban J connectivity index is 1.82. The first-order valence-electron chi connectivity index (χ1n) is 10.2. The van der Waals surface area contributed by atoms with Gasteiger partial charge in [-0.1, -0.05) is 43.3 Å². The topological polar surface area (TPSA) is 98.5 Å². The van der Waals surface area contributed by atoms with Gasteiger partial charge in [0, 0.05) is 25.6 Å². The Bertz CT molecular complexity index is 1310. The number of ether oxygens (including phenoxy) is 1. The molecule has 8 nitrogen and oxygen atoms in total. The lowest BCUT2D eigenvalue weighted by atomic mass is 10.0. The average molecular weight is 440 g/mol. The smallest absolute Gasteiger partial charge is 0.229 e. The highest BCUT2D eigenvalue weighted by molar-refractivity contribution is 7.91. The summed E-state index contributed by atoms with van der Waals surface area (Å²) in [6, 6.07) is 14.4. The summed E-state index contributed by atoms with van der Waals surface area (Å²) in [7, 11) is -2.23. The maximum absolute atomic E-state index is 13.3. The molecule has 0 radical (unpaired) electrons. The minimum Gasteiger partial charge on any atom is -0.385 e. The molecule has 0 atom stereocenters. The van der Waals surface area contributed by atoms with Crippen molar-refractivity contribution in [3.63, 3.8) is 0 Å². The molecule has 1 N–H and O–H groups in total. The fourth-order valence-corrected chi connectivity index (χ4v) is 4.65. The summed E-state index contributed by atoms with van der Waals surface area (Å²) in [5.41, 5.74) is 1.99. The van der Waals surface area contributed by atoms with E-state index in [0.29, 0.717) is 24.9 Å². The van der Waals surface area contributed by atoms with Crippen LogP contribution in [0.15, 0.2) is 58.5 Å². The van der Waals surface area contributed by atoms with E-state index < -0.39 is 9.84 Å². The number of aromatic nitrogens is 4. The van der Waals surface area contributed by atoms with Crippen molar-refractivity contribution >= 4 is 32.2 Å². The number of sulfone groups is 1. The van der Waals surface area contributed by atoms with Gasteiger partial charge in [0.2, 0.25) is 14.9 Å². The summed E-state index contributed by atoms with van der Waals surface area (Å²) in [6.45, 7) is 5.38. The Morgan fingerprint density at radius 2 is 1.84 bits per heavy atom. The lowest BCUT2D eigenvalue weighted by molar-refractivity contribution is 0.198. The number of hydrogen-bond acceptors (Lipinski definition) is 7. The van der Waals surface area contributed by atoms with Crippen molar-refractivity contribution < 1.29 is 13.2 Å². The van der Waals surface area contributed by atoms with Gasteiger partial charge in [-0.15, -0.1) is 5.10 Å². The number of para-hydroxylation sites is 1. The third-order valence-electron chi connectivity index (χ3n) is 5.15. The van der Waals surface area contributed by atoms with Crippen LogP contribution in [0.1, 0.15) is 31.7 Å². The quantitative estimate of drug-likeness (QED) is 0.418. The van der Waals surface area contributed by atoms with Gasteiger partial charge in [0.1, 0.15) is 5.82 Å². The second-order valence-electron chi connectivity index (χ2n) is 7.61. The molecule has 9 heteroatoms. The maximum atomic E-state index is 13.3. The molecule has 0 aliphatic carbocycles. The average Bonchev–Trinajstić information content (AvgIpc) is 3.22. The molecule has 4 rings (SSSR count). The molecule has 0 spiro atoms. The van der Waals surface area contributed by atoms with Crippen LogP contribution in [-0.4, -0.2) is 48.5 Å². The van der Waals surface area contributed by atoms with Crippen molar-refractivity contribution in [1.29, 1.82) is 0 Å². The SMILES string of the molecule is COCCCNc1nc2c(S(=O)(=O)c3ccc(C(C)C)cc3)nnn2c2ccccc12. The number of fused-ring (bicyclic) bond motifs is 3. The number of nitrogens with one attached hydrogen (secondary N) is 1. The predicted molar refractivity (Wildman–Crippen MR) is 119 cm³/mol. The van der Waals surface area contributed by atoms with Gasteiger partial charge in [0.25, 0.3) is 0 Å². The van der Waals surface area contributed by atoms with Gasteiger partial charge < -0.3 is 10.1 Å². The second-order valence-corrected chi connectivity index (χ2v) is 9.47. The first kappa shape index (κ1) is 21.2. The van der Waals surface area contributed by atoms with Crippen LogP contribution in [0.5, 0.6) is 0 Å². The Morgan fingerprint density at radius 3 is 2.55 bits per heavy atom. The van der Waals surface area contributed by atoms with Crippen molar-refractivity contribution in [1.82, 2.24) is 19.8 Å². The minimum absolute atomic E-state index is 0.157. The molecule has 2 aromatic heterocycles. The minimum atomic E-state index is -3.88. The molecule has 0 unspecified atom stereocenters. The maximum Gasteiger partial charge on any atom is 0.229 e. The first-order chi connectivity index (χ1) is 14.9. The monoisotopic (exact) mass is 439 g/mol. The fraction of sp³-hybridized carbons (Fsp3) is 0.318. The summed E-state index contributed by atoms with van der Waals surface area (Å²) < 4.78 is 33.3. The van der Waals surface area contributed by atoms with Crippen molar-refractivity contribution in [2.45, 2.75) is 36.1 Å². The molecular formula is C22H25N5O3S. The van der Waals surface area contributed by atoms with Crippen molar-refractivity contribution in [3.8, 4) is 0 Å². The van der Waals surface area contributed by atoms with Gasteiger partial charge in [0.05, 0.1) is 10.4 Å². The molecule has 0 amide bonds. The molecular weight excluding hydrogens is 414 g/mol. The number of anilines is 1. The molecule has 0 saturated heterocycles. The van der Waals surface area contributed by atoms with Crippen LogP contribution in [0, 0.1) is 0 Å². The molecule has 0 aliphatic heterocycles. The largest absolute Gasteiger partial charge is 0.385 e. The predicted octanol–water partition coefficient (Wildman–Crippen LogP) is 3.68. The standard InChI is InChI=1S/C22H25N5O3S/c1-15(2)16-9-11-17(12-10-16)31(28,29)22-21-24-20(23-13-6-14-30-3)18-7-4-5-8-19(18)27(21)26-25-22/h4-5,7-12,15H,6,13-14H2,1-3H3,(H,23,24). The molecule has 0 aliphatic rings. The van der Waals surface area contributed by atoms with Crippen LogP contribution in [0.4, 0.5) is 5.82 Å². The van der Waals surface area contributed by atoms with E-state index in [9.17, 15) is 8.42 Å². The van der Waals surface area contributed by atoms with Gasteiger partial charge in [-0.2, -0.15) is 4.52 Å². The number of benzene rings is 2. The van der Waals surface area contributed by atoms with Gasteiger partial charge in [-0.05, 0) is 42.2 Å².